The fourth-order valence-electron chi connectivity index (χ4n) is 1.40. The highest BCUT2D eigenvalue weighted by molar-refractivity contribution is 7.92. The van der Waals surface area contributed by atoms with Gasteiger partial charge in [0.15, 0.2) is 5.82 Å². The summed E-state index contributed by atoms with van der Waals surface area (Å²) in [5, 5.41) is 5.50. The van der Waals surface area contributed by atoms with Gasteiger partial charge >= 0.3 is 0 Å². The van der Waals surface area contributed by atoms with Crippen molar-refractivity contribution in [3.05, 3.63) is 46.5 Å². The number of anilines is 2. The number of halogens is 1. The van der Waals surface area contributed by atoms with Crippen LogP contribution in [0.4, 0.5) is 15.9 Å². The third-order valence-corrected chi connectivity index (χ3v) is 3.63. The van der Waals surface area contributed by atoms with Crippen molar-refractivity contribution in [1.82, 2.24) is 10.2 Å². The molecule has 1 aromatic heterocycles. The van der Waals surface area contributed by atoms with Crippen LogP contribution in [0.15, 0.2) is 40.0 Å². The lowest BCUT2D eigenvalue weighted by Gasteiger charge is -2.09. The lowest BCUT2D eigenvalue weighted by Crippen LogP contribution is -2.18. The Morgan fingerprint density at radius 3 is 2.58 bits per heavy atom. The van der Waals surface area contributed by atoms with E-state index in [0.717, 1.165) is 18.2 Å². The zero-order chi connectivity index (χ0) is 14.0. The molecular formula is C10H9FN4O3S. The van der Waals surface area contributed by atoms with Gasteiger partial charge in [0, 0.05) is 6.07 Å². The summed E-state index contributed by atoms with van der Waals surface area (Å²) in [6.45, 7) is 0. The molecule has 0 saturated carbocycles. The Hall–Kier alpha value is -2.42. The predicted molar refractivity (Wildman–Crippen MR) is 66.5 cm³/mol. The van der Waals surface area contributed by atoms with Crippen molar-refractivity contribution >= 4 is 21.5 Å². The van der Waals surface area contributed by atoms with Crippen LogP contribution in [0.1, 0.15) is 0 Å². The Labute approximate surface area is 107 Å². The number of aromatic amines is 1. The summed E-state index contributed by atoms with van der Waals surface area (Å²) < 4.78 is 39.5. The smallest absolute Gasteiger partial charge is 0.268 e. The maximum absolute atomic E-state index is 13.5. The molecule has 0 aliphatic heterocycles. The first-order valence-corrected chi connectivity index (χ1v) is 6.51. The lowest BCUT2D eigenvalue weighted by molar-refractivity contribution is 0.571. The van der Waals surface area contributed by atoms with E-state index in [-0.39, 0.29) is 11.5 Å². The average Bonchev–Trinajstić information content (AvgIpc) is 2.31. The van der Waals surface area contributed by atoms with Gasteiger partial charge in [-0.15, -0.1) is 0 Å². The van der Waals surface area contributed by atoms with Crippen LogP contribution < -0.4 is 16.0 Å². The SMILES string of the molecule is Nc1cccc(F)c1S(=O)(=O)Nc1ccc(=O)[nH]n1. The zero-order valence-electron chi connectivity index (χ0n) is 9.42. The minimum absolute atomic E-state index is 0.151. The minimum Gasteiger partial charge on any atom is -0.398 e. The van der Waals surface area contributed by atoms with E-state index in [0.29, 0.717) is 0 Å². The molecule has 2 rings (SSSR count). The lowest BCUT2D eigenvalue weighted by atomic mass is 10.3. The summed E-state index contributed by atoms with van der Waals surface area (Å²) in [5.74, 6) is -1.13. The van der Waals surface area contributed by atoms with Crippen LogP contribution in [0.3, 0.4) is 0 Å². The summed E-state index contributed by atoms with van der Waals surface area (Å²) in [7, 11) is -4.22. The van der Waals surface area contributed by atoms with Crippen molar-refractivity contribution in [3.63, 3.8) is 0 Å². The summed E-state index contributed by atoms with van der Waals surface area (Å²) in [6, 6.07) is 5.76. The number of nitrogens with one attached hydrogen (secondary N) is 2. The molecule has 0 spiro atoms. The van der Waals surface area contributed by atoms with Gasteiger partial charge < -0.3 is 5.73 Å². The highest BCUT2D eigenvalue weighted by atomic mass is 32.2. The molecule has 0 saturated heterocycles. The highest BCUT2D eigenvalue weighted by Gasteiger charge is 2.22. The van der Waals surface area contributed by atoms with Gasteiger partial charge in [0.2, 0.25) is 0 Å². The standard InChI is InChI=1S/C10H9FN4O3S/c11-6-2-1-3-7(12)10(6)19(17,18)15-8-4-5-9(16)14-13-8/h1-5H,12H2,(H,13,15)(H,14,16). The predicted octanol–water partition coefficient (Wildman–Crippen LogP) is 0.292. The number of rotatable bonds is 3. The van der Waals surface area contributed by atoms with Crippen molar-refractivity contribution in [3.8, 4) is 0 Å². The van der Waals surface area contributed by atoms with Crippen LogP contribution in [0.5, 0.6) is 0 Å². The maximum Gasteiger partial charge on any atom is 0.268 e. The van der Waals surface area contributed by atoms with Crippen molar-refractivity contribution in [2.45, 2.75) is 4.90 Å². The van der Waals surface area contributed by atoms with E-state index in [4.69, 9.17) is 5.73 Å². The molecule has 0 aliphatic rings. The van der Waals surface area contributed by atoms with Crippen molar-refractivity contribution in [2.24, 2.45) is 0 Å². The molecule has 0 amide bonds. The third kappa shape index (κ3) is 2.71. The van der Waals surface area contributed by atoms with E-state index in [1.54, 1.807) is 0 Å². The van der Waals surface area contributed by atoms with E-state index >= 15 is 0 Å². The topological polar surface area (TPSA) is 118 Å². The summed E-state index contributed by atoms with van der Waals surface area (Å²) in [5.41, 5.74) is 4.73. The molecule has 0 fully saturated rings. The fourth-order valence-corrected chi connectivity index (χ4v) is 2.59. The molecule has 0 unspecified atom stereocenters. The van der Waals surface area contributed by atoms with Gasteiger partial charge in [-0.3, -0.25) is 9.52 Å². The average molecular weight is 284 g/mol. The Kier molecular flexibility index (Phi) is 3.21. The fraction of sp³-hybridized carbons (Fsp3) is 0. The minimum atomic E-state index is -4.22. The van der Waals surface area contributed by atoms with E-state index < -0.39 is 26.3 Å². The van der Waals surface area contributed by atoms with Gasteiger partial charge in [0.25, 0.3) is 15.6 Å². The maximum atomic E-state index is 13.5. The number of hydrogen-bond donors (Lipinski definition) is 3. The normalized spacial score (nSPS) is 11.2. The summed E-state index contributed by atoms with van der Waals surface area (Å²) in [6.07, 6.45) is 0. The van der Waals surface area contributed by atoms with Crippen molar-refractivity contribution < 1.29 is 12.8 Å². The molecule has 7 nitrogen and oxygen atoms in total. The molecule has 0 atom stereocenters. The first-order valence-electron chi connectivity index (χ1n) is 5.03. The molecule has 1 aromatic carbocycles. The largest absolute Gasteiger partial charge is 0.398 e. The zero-order valence-corrected chi connectivity index (χ0v) is 10.2. The molecular weight excluding hydrogens is 275 g/mol. The van der Waals surface area contributed by atoms with Gasteiger partial charge in [-0.25, -0.2) is 17.9 Å². The highest BCUT2D eigenvalue weighted by Crippen LogP contribution is 2.23. The third-order valence-electron chi connectivity index (χ3n) is 2.18. The Morgan fingerprint density at radius 2 is 2.00 bits per heavy atom. The van der Waals surface area contributed by atoms with E-state index in [1.165, 1.54) is 12.1 Å². The second-order valence-electron chi connectivity index (χ2n) is 3.57. The van der Waals surface area contributed by atoms with Crippen LogP contribution in [-0.2, 0) is 10.0 Å². The molecule has 9 heteroatoms. The Morgan fingerprint density at radius 1 is 1.26 bits per heavy atom. The van der Waals surface area contributed by atoms with Crippen LogP contribution in [-0.4, -0.2) is 18.6 Å². The van der Waals surface area contributed by atoms with Gasteiger partial charge in [-0.05, 0) is 18.2 Å². The number of nitrogens with zero attached hydrogens (tertiary/aromatic N) is 1. The number of benzene rings is 1. The first-order chi connectivity index (χ1) is 8.90. The van der Waals surface area contributed by atoms with Gasteiger partial charge in [0.1, 0.15) is 10.7 Å². The van der Waals surface area contributed by atoms with E-state index in [2.05, 4.69) is 5.10 Å². The summed E-state index contributed by atoms with van der Waals surface area (Å²) >= 11 is 0. The molecule has 100 valence electrons. The van der Waals surface area contributed by atoms with Gasteiger partial charge in [-0.2, -0.15) is 5.10 Å². The van der Waals surface area contributed by atoms with Crippen molar-refractivity contribution in [1.29, 1.82) is 0 Å². The Bertz CT molecular complexity index is 732. The molecule has 1 heterocycles. The number of hydrogen-bond acceptors (Lipinski definition) is 5. The number of sulfonamides is 1. The first kappa shape index (κ1) is 13.0. The van der Waals surface area contributed by atoms with Crippen LogP contribution >= 0.6 is 0 Å². The quantitative estimate of drug-likeness (QED) is 0.700. The van der Waals surface area contributed by atoms with Crippen LogP contribution in [0.25, 0.3) is 0 Å². The van der Waals surface area contributed by atoms with E-state index in [1.807, 2.05) is 9.82 Å². The molecule has 0 aliphatic carbocycles. The second-order valence-corrected chi connectivity index (χ2v) is 5.19. The number of nitrogens with two attached hydrogens (primary N) is 1. The number of aromatic nitrogens is 2. The second kappa shape index (κ2) is 4.69. The monoisotopic (exact) mass is 284 g/mol. The van der Waals surface area contributed by atoms with Gasteiger partial charge in [-0.1, -0.05) is 6.07 Å². The molecule has 4 N–H and O–H groups in total. The summed E-state index contributed by atoms with van der Waals surface area (Å²) in [4.78, 5) is 10.1. The number of H-pyrrole nitrogens is 1. The van der Waals surface area contributed by atoms with Crippen molar-refractivity contribution in [2.75, 3.05) is 10.5 Å². The van der Waals surface area contributed by atoms with E-state index in [9.17, 15) is 17.6 Å². The molecule has 2 aromatic rings. The van der Waals surface area contributed by atoms with Crippen LogP contribution in [0.2, 0.25) is 0 Å². The number of nitrogen functional groups attached to an aromatic ring is 1. The molecule has 0 bridgehead atoms. The molecule has 0 radical (unpaired) electrons. The Balaban J connectivity index is 2.43. The molecule has 19 heavy (non-hydrogen) atoms. The van der Waals surface area contributed by atoms with Gasteiger partial charge in [0.05, 0.1) is 5.69 Å². The van der Waals surface area contributed by atoms with Crippen LogP contribution in [0, 0.1) is 5.82 Å².